The highest BCUT2D eigenvalue weighted by Gasteiger charge is 1.98. The van der Waals surface area contributed by atoms with Crippen molar-refractivity contribution in [1.29, 1.82) is 0 Å². The topological polar surface area (TPSA) is 55.4 Å². The minimum Gasteiger partial charge on any atom is -0.375 e. The fraction of sp³-hybridized carbons (Fsp3) is 0.714. The lowest BCUT2D eigenvalue weighted by Crippen LogP contribution is -2.28. The lowest BCUT2D eigenvalue weighted by molar-refractivity contribution is -0.124. The number of nitrogens with one attached hydrogen (secondary N) is 1. The second kappa shape index (κ2) is 5.85. The summed E-state index contributed by atoms with van der Waals surface area (Å²) in [6.07, 6.45) is 0.384. The number of hydrogen-bond acceptors (Lipinski definition) is 3. The van der Waals surface area contributed by atoms with Gasteiger partial charge in [-0.2, -0.15) is 0 Å². The van der Waals surface area contributed by atoms with Crippen molar-refractivity contribution in [3.05, 3.63) is 0 Å². The van der Waals surface area contributed by atoms with Crippen LogP contribution in [0.15, 0.2) is 0 Å². The first-order valence-electron chi connectivity index (χ1n) is 3.42. The van der Waals surface area contributed by atoms with Gasteiger partial charge in [-0.1, -0.05) is 0 Å². The van der Waals surface area contributed by atoms with Gasteiger partial charge in [0.2, 0.25) is 5.91 Å². The Bertz CT molecular complexity index is 145. The molecule has 1 N–H and O–H groups in total. The molecule has 0 saturated carbocycles. The summed E-state index contributed by atoms with van der Waals surface area (Å²) >= 11 is 0. The molecule has 0 radical (unpaired) electrons. The van der Waals surface area contributed by atoms with Gasteiger partial charge in [0, 0.05) is 20.1 Å². The van der Waals surface area contributed by atoms with E-state index in [0.29, 0.717) is 13.0 Å². The predicted molar refractivity (Wildman–Crippen MR) is 40.2 cm³/mol. The van der Waals surface area contributed by atoms with Crippen LogP contribution in [0.3, 0.4) is 0 Å². The molecular formula is C7H13NO3. The largest absolute Gasteiger partial charge is 0.375 e. The van der Waals surface area contributed by atoms with Crippen molar-refractivity contribution in [2.24, 2.45) is 0 Å². The van der Waals surface area contributed by atoms with Crippen LogP contribution in [-0.4, -0.2) is 32.0 Å². The maximum absolute atomic E-state index is 10.7. The minimum atomic E-state index is -0.186. The molecule has 1 amide bonds. The van der Waals surface area contributed by atoms with E-state index < -0.39 is 0 Å². The molecule has 0 aromatic heterocycles. The van der Waals surface area contributed by atoms with E-state index in [0.717, 1.165) is 0 Å². The Morgan fingerprint density at radius 3 is 2.55 bits per heavy atom. The molecule has 0 aliphatic heterocycles. The highest BCUT2D eigenvalue weighted by atomic mass is 16.5. The Morgan fingerprint density at radius 2 is 2.09 bits per heavy atom. The first-order valence-corrected chi connectivity index (χ1v) is 3.42. The Labute approximate surface area is 65.9 Å². The predicted octanol–water partition coefficient (Wildman–Crippen LogP) is -0.272. The molecule has 0 heterocycles. The second-order valence-corrected chi connectivity index (χ2v) is 2.23. The monoisotopic (exact) mass is 159 g/mol. The average molecular weight is 159 g/mol. The summed E-state index contributed by atoms with van der Waals surface area (Å²) in [5.74, 6) is -0.114. The molecule has 0 atom stereocenters. The van der Waals surface area contributed by atoms with Crippen LogP contribution in [-0.2, 0) is 14.3 Å². The summed E-state index contributed by atoms with van der Waals surface area (Å²) in [6.45, 7) is 1.94. The molecule has 0 unspecified atom stereocenters. The lowest BCUT2D eigenvalue weighted by atomic mass is 10.3. The zero-order valence-electron chi connectivity index (χ0n) is 6.85. The average Bonchev–Trinajstić information content (AvgIpc) is 1.87. The van der Waals surface area contributed by atoms with Crippen LogP contribution in [0, 0.1) is 0 Å². The third-order valence-electron chi connectivity index (χ3n) is 1.07. The van der Waals surface area contributed by atoms with Gasteiger partial charge < -0.3 is 10.1 Å². The van der Waals surface area contributed by atoms with Gasteiger partial charge in [-0.15, -0.1) is 0 Å². The van der Waals surface area contributed by atoms with E-state index in [2.05, 4.69) is 10.1 Å². The van der Waals surface area contributed by atoms with Crippen molar-refractivity contribution >= 4 is 11.7 Å². The van der Waals surface area contributed by atoms with Crippen molar-refractivity contribution < 1.29 is 14.3 Å². The number of Topliss-reactive ketones (excluding diaryl/α,β-unsaturated/α-hetero) is 1. The number of carbonyl (C=O) groups is 2. The number of hydrogen-bond donors (Lipinski definition) is 1. The lowest BCUT2D eigenvalue weighted by Gasteiger charge is -2.01. The molecule has 0 bridgehead atoms. The summed E-state index contributed by atoms with van der Waals surface area (Å²) < 4.78 is 4.56. The van der Waals surface area contributed by atoms with Crippen molar-refractivity contribution in [2.45, 2.75) is 13.3 Å². The van der Waals surface area contributed by atoms with Crippen molar-refractivity contribution in [2.75, 3.05) is 20.3 Å². The van der Waals surface area contributed by atoms with Crippen molar-refractivity contribution in [1.82, 2.24) is 5.32 Å². The minimum absolute atomic E-state index is 0.0535. The smallest absolute Gasteiger partial charge is 0.245 e. The summed E-state index contributed by atoms with van der Waals surface area (Å²) in [5.41, 5.74) is 0. The zero-order chi connectivity index (χ0) is 8.69. The fourth-order valence-corrected chi connectivity index (χ4v) is 0.560. The highest BCUT2D eigenvalue weighted by Crippen LogP contribution is 1.78. The first kappa shape index (κ1) is 10.1. The quantitative estimate of drug-likeness (QED) is 0.600. The second-order valence-electron chi connectivity index (χ2n) is 2.23. The third-order valence-corrected chi connectivity index (χ3v) is 1.07. The SMILES string of the molecule is COCC(=O)NCCC(C)=O. The van der Waals surface area contributed by atoms with Crippen LogP contribution >= 0.6 is 0 Å². The van der Waals surface area contributed by atoms with Crippen LogP contribution in [0.25, 0.3) is 0 Å². The van der Waals surface area contributed by atoms with Gasteiger partial charge in [0.25, 0.3) is 0 Å². The van der Waals surface area contributed by atoms with Gasteiger partial charge in [0.15, 0.2) is 0 Å². The molecule has 0 aromatic rings. The van der Waals surface area contributed by atoms with Crippen LogP contribution in [0.5, 0.6) is 0 Å². The van der Waals surface area contributed by atoms with Gasteiger partial charge >= 0.3 is 0 Å². The van der Waals surface area contributed by atoms with Crippen molar-refractivity contribution in [3.8, 4) is 0 Å². The maximum atomic E-state index is 10.7. The van der Waals surface area contributed by atoms with Gasteiger partial charge in [-0.25, -0.2) is 0 Å². The number of ketones is 1. The number of ether oxygens (including phenoxy) is 1. The summed E-state index contributed by atoms with van der Waals surface area (Å²) in [5, 5.41) is 2.53. The first-order chi connectivity index (χ1) is 5.16. The molecular weight excluding hydrogens is 146 g/mol. The molecule has 0 aliphatic rings. The van der Waals surface area contributed by atoms with Gasteiger partial charge in [-0.3, -0.25) is 9.59 Å². The Balaban J connectivity index is 3.24. The summed E-state index contributed by atoms with van der Waals surface area (Å²) in [7, 11) is 1.45. The summed E-state index contributed by atoms with van der Waals surface area (Å²) in [6, 6.07) is 0. The molecule has 0 fully saturated rings. The maximum Gasteiger partial charge on any atom is 0.245 e. The molecule has 0 rings (SSSR count). The van der Waals surface area contributed by atoms with E-state index in [9.17, 15) is 9.59 Å². The molecule has 0 aliphatic carbocycles. The third kappa shape index (κ3) is 6.99. The van der Waals surface area contributed by atoms with E-state index in [1.165, 1.54) is 14.0 Å². The van der Waals surface area contributed by atoms with Crippen LogP contribution in [0.1, 0.15) is 13.3 Å². The van der Waals surface area contributed by atoms with E-state index >= 15 is 0 Å². The van der Waals surface area contributed by atoms with E-state index in [4.69, 9.17) is 0 Å². The molecule has 0 aromatic carbocycles. The molecule has 0 saturated heterocycles. The molecule has 4 nitrogen and oxygen atoms in total. The number of methoxy groups -OCH3 is 1. The van der Waals surface area contributed by atoms with E-state index in [1.807, 2.05) is 0 Å². The van der Waals surface area contributed by atoms with Crippen LogP contribution < -0.4 is 5.32 Å². The summed E-state index contributed by atoms with van der Waals surface area (Å²) in [4.78, 5) is 21.1. The van der Waals surface area contributed by atoms with Crippen LogP contribution in [0.2, 0.25) is 0 Å². The number of carbonyl (C=O) groups excluding carboxylic acids is 2. The molecule has 4 heteroatoms. The Hall–Kier alpha value is -0.900. The van der Waals surface area contributed by atoms with E-state index in [-0.39, 0.29) is 18.3 Å². The molecule has 64 valence electrons. The van der Waals surface area contributed by atoms with Crippen LogP contribution in [0.4, 0.5) is 0 Å². The Morgan fingerprint density at radius 1 is 1.45 bits per heavy atom. The van der Waals surface area contributed by atoms with Gasteiger partial charge in [0.1, 0.15) is 12.4 Å². The standard InChI is InChI=1S/C7H13NO3/c1-6(9)3-4-8-7(10)5-11-2/h3-5H2,1-2H3,(H,8,10). The van der Waals surface area contributed by atoms with Crippen molar-refractivity contribution in [3.63, 3.8) is 0 Å². The number of amides is 1. The number of rotatable bonds is 5. The molecule has 0 spiro atoms. The zero-order valence-corrected chi connectivity index (χ0v) is 6.85. The normalized spacial score (nSPS) is 9.27. The van der Waals surface area contributed by atoms with E-state index in [1.54, 1.807) is 0 Å². The highest BCUT2D eigenvalue weighted by molar-refractivity contribution is 5.79. The molecule has 11 heavy (non-hydrogen) atoms. The van der Waals surface area contributed by atoms with Gasteiger partial charge in [-0.05, 0) is 6.92 Å². The fourth-order valence-electron chi connectivity index (χ4n) is 0.560. The van der Waals surface area contributed by atoms with Gasteiger partial charge in [0.05, 0.1) is 0 Å². The Kier molecular flexibility index (Phi) is 5.37.